The van der Waals surface area contributed by atoms with Crippen LogP contribution in [0.15, 0.2) is 24.3 Å². The maximum absolute atomic E-state index is 12.4. The molecule has 1 fully saturated rings. The van der Waals surface area contributed by atoms with Gasteiger partial charge in [-0.3, -0.25) is 0 Å². The standard InChI is InChI=1S/C14H21ClN2O3S/c1-16(21(18,19)17-8-3-2-4-9-17)10-11-20-14-7-5-6-13(15)12-14/h5-7,12H,2-4,8-11H2,1H3. The lowest BCUT2D eigenvalue weighted by atomic mass is 10.2. The fourth-order valence-corrected chi connectivity index (χ4v) is 3.86. The number of hydrogen-bond acceptors (Lipinski definition) is 3. The average Bonchev–Trinajstić information content (AvgIpc) is 2.48. The fourth-order valence-electron chi connectivity index (χ4n) is 2.26. The van der Waals surface area contributed by atoms with E-state index in [0.717, 1.165) is 19.3 Å². The van der Waals surface area contributed by atoms with Crippen LogP contribution < -0.4 is 4.74 Å². The van der Waals surface area contributed by atoms with Gasteiger partial charge >= 0.3 is 0 Å². The number of likely N-dealkylation sites (N-methyl/N-ethyl adjacent to an activating group) is 1. The predicted molar refractivity (Wildman–Crippen MR) is 83.9 cm³/mol. The molecule has 1 aliphatic heterocycles. The topological polar surface area (TPSA) is 49.9 Å². The third-order valence-electron chi connectivity index (χ3n) is 3.51. The lowest BCUT2D eigenvalue weighted by Crippen LogP contribution is -2.45. The van der Waals surface area contributed by atoms with Gasteiger partial charge in [0.25, 0.3) is 10.2 Å². The van der Waals surface area contributed by atoms with E-state index < -0.39 is 10.2 Å². The summed E-state index contributed by atoms with van der Waals surface area (Å²) in [5.74, 6) is 0.645. The Hall–Kier alpha value is -0.820. The zero-order chi connectivity index (χ0) is 15.3. The Balaban J connectivity index is 1.84. The highest BCUT2D eigenvalue weighted by atomic mass is 35.5. The number of benzene rings is 1. The van der Waals surface area contributed by atoms with Crippen molar-refractivity contribution < 1.29 is 13.2 Å². The largest absolute Gasteiger partial charge is 0.492 e. The zero-order valence-electron chi connectivity index (χ0n) is 12.2. The molecule has 1 saturated heterocycles. The maximum atomic E-state index is 12.4. The van der Waals surface area contributed by atoms with Crippen LogP contribution in [0.2, 0.25) is 5.02 Å². The molecule has 1 aromatic rings. The van der Waals surface area contributed by atoms with Crippen molar-refractivity contribution >= 4 is 21.8 Å². The van der Waals surface area contributed by atoms with E-state index in [1.807, 2.05) is 0 Å². The molecule has 0 saturated carbocycles. The van der Waals surface area contributed by atoms with Crippen LogP contribution in [0.5, 0.6) is 5.75 Å². The lowest BCUT2D eigenvalue weighted by molar-refractivity contribution is 0.268. The van der Waals surface area contributed by atoms with Gasteiger partial charge in [-0.25, -0.2) is 0 Å². The molecule has 0 spiro atoms. The minimum absolute atomic E-state index is 0.296. The summed E-state index contributed by atoms with van der Waals surface area (Å²) in [6.45, 7) is 1.83. The Morgan fingerprint density at radius 3 is 2.67 bits per heavy atom. The zero-order valence-corrected chi connectivity index (χ0v) is 13.7. The molecule has 0 aromatic heterocycles. The third kappa shape index (κ3) is 4.57. The van der Waals surface area contributed by atoms with E-state index >= 15 is 0 Å². The molecule has 0 radical (unpaired) electrons. The Kier molecular flexibility index (Phi) is 5.87. The number of halogens is 1. The van der Waals surface area contributed by atoms with Crippen LogP contribution in [0.25, 0.3) is 0 Å². The highest BCUT2D eigenvalue weighted by Gasteiger charge is 2.27. The van der Waals surface area contributed by atoms with Crippen LogP contribution in [0.3, 0.4) is 0 Å². The Morgan fingerprint density at radius 2 is 2.00 bits per heavy atom. The Morgan fingerprint density at radius 1 is 1.29 bits per heavy atom. The Labute approximate surface area is 131 Å². The highest BCUT2D eigenvalue weighted by Crippen LogP contribution is 2.18. The molecule has 0 aliphatic carbocycles. The minimum Gasteiger partial charge on any atom is -0.492 e. The van der Waals surface area contributed by atoms with Crippen LogP contribution >= 0.6 is 11.6 Å². The number of nitrogens with zero attached hydrogens (tertiary/aromatic N) is 2. The minimum atomic E-state index is -3.36. The first kappa shape index (κ1) is 16.5. The van der Waals surface area contributed by atoms with E-state index in [1.54, 1.807) is 35.6 Å². The highest BCUT2D eigenvalue weighted by molar-refractivity contribution is 7.86. The average molecular weight is 333 g/mol. The molecule has 1 aromatic carbocycles. The van der Waals surface area contributed by atoms with Gasteiger partial charge in [0.2, 0.25) is 0 Å². The third-order valence-corrected chi connectivity index (χ3v) is 5.73. The van der Waals surface area contributed by atoms with Gasteiger partial charge in [-0.15, -0.1) is 0 Å². The first-order valence-corrected chi connectivity index (χ1v) is 8.87. The summed E-state index contributed by atoms with van der Waals surface area (Å²) in [5, 5.41) is 0.599. The second-order valence-electron chi connectivity index (χ2n) is 5.09. The van der Waals surface area contributed by atoms with Gasteiger partial charge in [-0.05, 0) is 31.0 Å². The number of rotatable bonds is 6. The Bertz CT molecular complexity index is 559. The summed E-state index contributed by atoms with van der Waals surface area (Å²) in [6.07, 6.45) is 2.98. The van der Waals surface area contributed by atoms with E-state index in [9.17, 15) is 8.42 Å². The molecule has 0 bridgehead atoms. The van der Waals surface area contributed by atoms with Gasteiger partial charge in [0.05, 0.1) is 0 Å². The van der Waals surface area contributed by atoms with Gasteiger partial charge in [0.15, 0.2) is 0 Å². The molecule has 0 amide bonds. The first-order valence-electron chi connectivity index (χ1n) is 7.10. The molecule has 0 N–H and O–H groups in total. The molecule has 5 nitrogen and oxygen atoms in total. The smallest absolute Gasteiger partial charge is 0.281 e. The van der Waals surface area contributed by atoms with E-state index in [1.165, 1.54) is 4.31 Å². The second kappa shape index (κ2) is 7.45. The van der Waals surface area contributed by atoms with Crippen molar-refractivity contribution in [2.45, 2.75) is 19.3 Å². The van der Waals surface area contributed by atoms with Crippen LogP contribution in [0.1, 0.15) is 19.3 Å². The van der Waals surface area contributed by atoms with Crippen molar-refractivity contribution in [1.29, 1.82) is 0 Å². The van der Waals surface area contributed by atoms with Crippen LogP contribution in [0.4, 0.5) is 0 Å². The van der Waals surface area contributed by atoms with E-state index in [2.05, 4.69) is 0 Å². The van der Waals surface area contributed by atoms with E-state index in [0.29, 0.717) is 37.0 Å². The van der Waals surface area contributed by atoms with Crippen LogP contribution in [-0.2, 0) is 10.2 Å². The van der Waals surface area contributed by atoms with Crippen molar-refractivity contribution in [2.24, 2.45) is 0 Å². The van der Waals surface area contributed by atoms with Crippen molar-refractivity contribution in [3.05, 3.63) is 29.3 Å². The molecular formula is C14H21ClN2O3S. The van der Waals surface area contributed by atoms with Gasteiger partial charge in [-0.1, -0.05) is 24.1 Å². The van der Waals surface area contributed by atoms with Gasteiger partial charge in [-0.2, -0.15) is 17.0 Å². The van der Waals surface area contributed by atoms with Crippen LogP contribution in [-0.4, -0.2) is 50.3 Å². The molecule has 7 heteroatoms. The molecule has 0 atom stereocenters. The van der Waals surface area contributed by atoms with Gasteiger partial charge in [0, 0.05) is 31.7 Å². The van der Waals surface area contributed by atoms with Crippen molar-refractivity contribution in [3.8, 4) is 5.75 Å². The number of piperidine rings is 1. The predicted octanol–water partition coefficient (Wildman–Crippen LogP) is 2.38. The van der Waals surface area contributed by atoms with E-state index in [-0.39, 0.29) is 0 Å². The molecule has 118 valence electrons. The maximum Gasteiger partial charge on any atom is 0.281 e. The number of ether oxygens (including phenoxy) is 1. The molecule has 0 unspecified atom stereocenters. The summed E-state index contributed by atoms with van der Waals surface area (Å²) in [4.78, 5) is 0. The summed E-state index contributed by atoms with van der Waals surface area (Å²) in [6, 6.07) is 7.07. The molecular weight excluding hydrogens is 312 g/mol. The monoisotopic (exact) mass is 332 g/mol. The molecule has 1 aliphatic rings. The first-order chi connectivity index (χ1) is 10.00. The molecule has 1 heterocycles. The summed E-state index contributed by atoms with van der Waals surface area (Å²) >= 11 is 5.87. The molecule has 2 rings (SSSR count). The fraction of sp³-hybridized carbons (Fsp3) is 0.571. The van der Waals surface area contributed by atoms with Gasteiger partial charge < -0.3 is 4.74 Å². The normalized spacial score (nSPS) is 17.1. The summed E-state index contributed by atoms with van der Waals surface area (Å²) in [7, 11) is -1.78. The van der Waals surface area contributed by atoms with Crippen molar-refractivity contribution in [2.75, 3.05) is 33.3 Å². The van der Waals surface area contributed by atoms with Crippen LogP contribution in [0, 0.1) is 0 Å². The summed E-state index contributed by atoms with van der Waals surface area (Å²) in [5.41, 5.74) is 0. The SMILES string of the molecule is CN(CCOc1cccc(Cl)c1)S(=O)(=O)N1CCCCC1. The number of hydrogen-bond donors (Lipinski definition) is 0. The van der Waals surface area contributed by atoms with Crippen molar-refractivity contribution in [1.82, 2.24) is 8.61 Å². The van der Waals surface area contributed by atoms with E-state index in [4.69, 9.17) is 16.3 Å². The van der Waals surface area contributed by atoms with Crippen molar-refractivity contribution in [3.63, 3.8) is 0 Å². The van der Waals surface area contributed by atoms with Gasteiger partial charge in [0.1, 0.15) is 12.4 Å². The second-order valence-corrected chi connectivity index (χ2v) is 7.57. The quantitative estimate of drug-likeness (QED) is 0.803. The molecule has 21 heavy (non-hydrogen) atoms. The lowest BCUT2D eigenvalue weighted by Gasteiger charge is -2.30. The summed E-state index contributed by atoms with van der Waals surface area (Å²) < 4.78 is 33.1.